The van der Waals surface area contributed by atoms with Gasteiger partial charge in [0.2, 0.25) is 11.7 Å². The van der Waals surface area contributed by atoms with Crippen LogP contribution in [0.15, 0.2) is 47.2 Å². The van der Waals surface area contributed by atoms with Gasteiger partial charge in [0.25, 0.3) is 5.91 Å². The highest BCUT2D eigenvalue weighted by Gasteiger charge is 2.36. The van der Waals surface area contributed by atoms with E-state index in [4.69, 9.17) is 17.1 Å². The summed E-state index contributed by atoms with van der Waals surface area (Å²) in [4.78, 5) is 34.7. The van der Waals surface area contributed by atoms with E-state index in [-0.39, 0.29) is 17.9 Å². The van der Waals surface area contributed by atoms with E-state index in [1.807, 2.05) is 19.1 Å². The number of aryl methyl sites for hydroxylation is 1. The number of benzene rings is 1. The molecule has 0 spiro atoms. The Morgan fingerprint density at radius 2 is 2.06 bits per heavy atom. The van der Waals surface area contributed by atoms with Gasteiger partial charge in [-0.15, -0.1) is 0 Å². The van der Waals surface area contributed by atoms with Gasteiger partial charge >= 0.3 is 6.09 Å². The van der Waals surface area contributed by atoms with E-state index in [1.165, 1.54) is 13.3 Å². The number of pyridine rings is 1. The van der Waals surface area contributed by atoms with Gasteiger partial charge in [0.1, 0.15) is 19.2 Å². The number of rotatable bonds is 4. The molecule has 1 fully saturated rings. The Labute approximate surface area is 190 Å². The van der Waals surface area contributed by atoms with Gasteiger partial charge in [-0.2, -0.15) is 4.98 Å². The summed E-state index contributed by atoms with van der Waals surface area (Å²) in [6.45, 7) is 2.82. The van der Waals surface area contributed by atoms with Gasteiger partial charge in [0.15, 0.2) is 0 Å². The van der Waals surface area contributed by atoms with Crippen LogP contribution in [0.4, 0.5) is 10.5 Å². The van der Waals surface area contributed by atoms with Crippen molar-refractivity contribution in [2.24, 2.45) is 0 Å². The molecule has 33 heavy (non-hydrogen) atoms. The molecular formula is C22H19BN6O4. The number of hydrogen-bond acceptors (Lipinski definition) is 7. The minimum absolute atomic E-state index is 0.0300. The molecule has 4 aromatic rings. The minimum atomic E-state index is -0.376. The van der Waals surface area contributed by atoms with Gasteiger partial charge in [-0.1, -0.05) is 28.8 Å². The summed E-state index contributed by atoms with van der Waals surface area (Å²) in [5.74, 6) is 0.510. The number of amides is 2. The number of nitrogens with zero attached hydrogens (tertiary/aromatic N) is 5. The second kappa shape index (κ2) is 8.08. The van der Waals surface area contributed by atoms with Crippen LogP contribution in [-0.4, -0.2) is 64.5 Å². The van der Waals surface area contributed by atoms with Crippen molar-refractivity contribution in [1.82, 2.24) is 24.4 Å². The van der Waals surface area contributed by atoms with Gasteiger partial charge in [0.05, 0.1) is 19.2 Å². The Balaban J connectivity index is 1.35. The zero-order chi connectivity index (χ0) is 23.1. The number of anilines is 1. The average molecular weight is 442 g/mol. The molecule has 1 aliphatic rings. The van der Waals surface area contributed by atoms with Gasteiger partial charge in [-0.05, 0) is 24.6 Å². The van der Waals surface area contributed by atoms with E-state index in [0.717, 1.165) is 5.56 Å². The van der Waals surface area contributed by atoms with Crippen LogP contribution in [-0.2, 0) is 4.74 Å². The van der Waals surface area contributed by atoms with E-state index < -0.39 is 0 Å². The number of imidazole rings is 1. The number of ether oxygens (including phenoxy) is 1. The van der Waals surface area contributed by atoms with E-state index >= 15 is 0 Å². The maximum absolute atomic E-state index is 12.9. The fourth-order valence-electron chi connectivity index (χ4n) is 3.68. The lowest BCUT2D eigenvalue weighted by Crippen LogP contribution is -2.48. The Bertz CT molecular complexity index is 1370. The maximum Gasteiger partial charge on any atom is 0.409 e. The number of fused-ring (bicyclic) bond motifs is 1. The van der Waals surface area contributed by atoms with Gasteiger partial charge in [0, 0.05) is 30.5 Å². The second-order valence-electron chi connectivity index (χ2n) is 7.85. The molecule has 164 valence electrons. The van der Waals surface area contributed by atoms with Crippen LogP contribution in [0.3, 0.4) is 0 Å². The number of nitrogens with one attached hydrogen (secondary N) is 1. The summed E-state index contributed by atoms with van der Waals surface area (Å²) >= 11 is 0. The average Bonchev–Trinajstić information content (AvgIpc) is 3.41. The molecule has 0 saturated carbocycles. The Kier molecular flexibility index (Phi) is 5.08. The van der Waals surface area contributed by atoms with Crippen LogP contribution in [0.2, 0.25) is 0 Å². The van der Waals surface area contributed by atoms with Gasteiger partial charge in [-0.25, -0.2) is 9.78 Å². The van der Waals surface area contributed by atoms with Crippen molar-refractivity contribution in [3.8, 4) is 11.4 Å². The largest absolute Gasteiger partial charge is 0.453 e. The molecule has 0 aliphatic carbocycles. The normalized spacial score (nSPS) is 13.7. The van der Waals surface area contributed by atoms with Crippen LogP contribution in [0.1, 0.15) is 27.9 Å². The second-order valence-corrected chi connectivity index (χ2v) is 7.85. The van der Waals surface area contributed by atoms with E-state index in [2.05, 4.69) is 20.4 Å². The molecular weight excluding hydrogens is 423 g/mol. The molecule has 0 atom stereocenters. The number of likely N-dealkylation sites (tertiary alicyclic amines) is 1. The fraction of sp³-hybridized carbons (Fsp3) is 0.227. The molecule has 0 bridgehead atoms. The summed E-state index contributed by atoms with van der Waals surface area (Å²) in [6.07, 6.45) is 2.78. The number of carbonyl (C=O) groups is 2. The molecule has 2 radical (unpaired) electrons. The third kappa shape index (κ3) is 3.82. The van der Waals surface area contributed by atoms with Crippen molar-refractivity contribution in [2.75, 3.05) is 25.5 Å². The van der Waals surface area contributed by atoms with Crippen molar-refractivity contribution < 1.29 is 18.8 Å². The first-order valence-electron chi connectivity index (χ1n) is 10.2. The molecule has 1 N–H and O–H groups in total. The van der Waals surface area contributed by atoms with Crippen LogP contribution in [0.5, 0.6) is 0 Å². The Morgan fingerprint density at radius 1 is 1.24 bits per heavy atom. The summed E-state index contributed by atoms with van der Waals surface area (Å²) in [5.41, 5.74) is 3.70. The minimum Gasteiger partial charge on any atom is -0.453 e. The number of methoxy groups -OCH3 is 1. The highest BCUT2D eigenvalue weighted by molar-refractivity contribution is 6.32. The molecule has 5 rings (SSSR count). The van der Waals surface area contributed by atoms with Crippen LogP contribution in [0, 0.1) is 6.92 Å². The SMILES string of the molecule is [B]c1ccc2ncc(C(=O)Nc3cc(-c4noc(C5CN(C(=O)OC)C5)n4)ccc3C)n2c1. The number of carbonyl (C=O) groups excluding carboxylic acids is 2. The lowest BCUT2D eigenvalue weighted by Gasteiger charge is -2.35. The van der Waals surface area contributed by atoms with E-state index in [1.54, 1.807) is 33.7 Å². The molecule has 1 aromatic carbocycles. The van der Waals surface area contributed by atoms with Crippen molar-refractivity contribution in [3.05, 3.63) is 59.9 Å². The molecule has 1 aliphatic heterocycles. The first-order valence-corrected chi connectivity index (χ1v) is 10.2. The highest BCUT2D eigenvalue weighted by atomic mass is 16.5. The van der Waals surface area contributed by atoms with E-state index in [0.29, 0.717) is 52.9 Å². The number of aromatic nitrogens is 4. The maximum atomic E-state index is 12.9. The lowest BCUT2D eigenvalue weighted by atomic mass is 9.99. The van der Waals surface area contributed by atoms with E-state index in [9.17, 15) is 9.59 Å². The van der Waals surface area contributed by atoms with Crippen molar-refractivity contribution in [3.63, 3.8) is 0 Å². The number of hydrogen-bond donors (Lipinski definition) is 1. The standard InChI is InChI=1S/C22H19BN6O4/c1-12-3-4-13(19-26-21(33-27-19)14-9-28(10-14)22(31)32-2)7-16(12)25-20(30)17-8-24-18-6-5-15(23)11-29(17)18/h3-8,11,14H,9-10H2,1-2H3,(H,25,30). The van der Waals surface area contributed by atoms with Crippen LogP contribution < -0.4 is 10.8 Å². The van der Waals surface area contributed by atoms with Crippen molar-refractivity contribution in [1.29, 1.82) is 0 Å². The quantitative estimate of drug-likeness (QED) is 0.480. The predicted molar refractivity (Wildman–Crippen MR) is 120 cm³/mol. The third-order valence-electron chi connectivity index (χ3n) is 5.61. The van der Waals surface area contributed by atoms with Crippen molar-refractivity contribution in [2.45, 2.75) is 12.8 Å². The first kappa shape index (κ1) is 20.7. The molecule has 2 amide bonds. The summed E-state index contributed by atoms with van der Waals surface area (Å²) < 4.78 is 11.7. The molecule has 11 heteroatoms. The molecule has 10 nitrogen and oxygen atoms in total. The molecule has 0 unspecified atom stereocenters. The lowest BCUT2D eigenvalue weighted by molar-refractivity contribution is 0.0804. The molecule has 3 aromatic heterocycles. The summed E-state index contributed by atoms with van der Waals surface area (Å²) in [5, 5.41) is 6.99. The zero-order valence-electron chi connectivity index (χ0n) is 18.0. The monoisotopic (exact) mass is 442 g/mol. The fourth-order valence-corrected chi connectivity index (χ4v) is 3.68. The van der Waals surface area contributed by atoms with Gasteiger partial charge < -0.3 is 19.5 Å². The third-order valence-corrected chi connectivity index (χ3v) is 5.61. The smallest absolute Gasteiger partial charge is 0.409 e. The highest BCUT2D eigenvalue weighted by Crippen LogP contribution is 2.29. The molecule has 4 heterocycles. The molecule has 1 saturated heterocycles. The Hall–Kier alpha value is -4.15. The van der Waals surface area contributed by atoms with Gasteiger partial charge in [-0.3, -0.25) is 9.20 Å². The van der Waals surface area contributed by atoms with Crippen LogP contribution in [0.25, 0.3) is 17.0 Å². The zero-order valence-corrected chi connectivity index (χ0v) is 18.0. The van der Waals surface area contributed by atoms with Crippen molar-refractivity contribution >= 4 is 36.6 Å². The summed E-state index contributed by atoms with van der Waals surface area (Å²) in [6, 6.07) is 9.00. The first-order chi connectivity index (χ1) is 15.9. The summed E-state index contributed by atoms with van der Waals surface area (Å²) in [7, 11) is 7.20. The van der Waals surface area contributed by atoms with Crippen LogP contribution >= 0.6 is 0 Å². The predicted octanol–water partition coefficient (Wildman–Crippen LogP) is 1.90. The topological polar surface area (TPSA) is 115 Å². The Morgan fingerprint density at radius 3 is 2.85 bits per heavy atom.